The van der Waals surface area contributed by atoms with E-state index in [-0.39, 0.29) is 18.9 Å². The van der Waals surface area contributed by atoms with E-state index in [9.17, 15) is 26.4 Å². The van der Waals surface area contributed by atoms with Gasteiger partial charge in [-0.1, -0.05) is 0 Å². The average Bonchev–Trinajstić information content (AvgIpc) is 3.27. The number of aromatic nitrogens is 2. The number of alkyl halides is 3. The molecule has 0 aromatic carbocycles. The lowest BCUT2D eigenvalue weighted by atomic mass is 9.91. The van der Waals surface area contributed by atoms with Gasteiger partial charge in [-0.3, -0.25) is 9.35 Å². The molecule has 2 N–H and O–H groups in total. The highest BCUT2D eigenvalue weighted by Gasteiger charge is 2.37. The van der Waals surface area contributed by atoms with E-state index in [2.05, 4.69) is 15.3 Å². The number of halogens is 3. The van der Waals surface area contributed by atoms with Crippen molar-refractivity contribution in [1.29, 1.82) is 0 Å². The van der Waals surface area contributed by atoms with E-state index in [1.807, 2.05) is 9.80 Å². The predicted molar refractivity (Wildman–Crippen MR) is 117 cm³/mol. The molecule has 13 heteroatoms. The van der Waals surface area contributed by atoms with E-state index in [0.29, 0.717) is 50.2 Å². The van der Waals surface area contributed by atoms with Crippen molar-refractivity contribution in [3.63, 3.8) is 0 Å². The largest absolute Gasteiger partial charge is 0.451 e. The van der Waals surface area contributed by atoms with Gasteiger partial charge < -0.3 is 15.1 Å². The third kappa shape index (κ3) is 7.98. The summed E-state index contributed by atoms with van der Waals surface area (Å²) in [5.41, 5.74) is 0. The van der Waals surface area contributed by atoms with Crippen LogP contribution in [-0.2, 0) is 21.1 Å². The number of piperidine rings is 1. The zero-order chi connectivity index (χ0) is 24.1. The van der Waals surface area contributed by atoms with Gasteiger partial charge in [0.1, 0.15) is 11.6 Å². The van der Waals surface area contributed by atoms with Gasteiger partial charge in [0.25, 0.3) is 10.1 Å². The van der Waals surface area contributed by atoms with E-state index in [1.165, 1.54) is 0 Å². The van der Waals surface area contributed by atoms with Crippen molar-refractivity contribution < 1.29 is 30.9 Å². The Bertz CT molecular complexity index is 915. The summed E-state index contributed by atoms with van der Waals surface area (Å²) in [6.07, 6.45) is 0.526. The third-order valence-corrected chi connectivity index (χ3v) is 6.74. The SMILES string of the molecule is O=C(CCCC1CCN(c2cc(N3CCCC3)nc(C(F)(F)F)n2)CC1)NCCS(=O)(=O)O. The first kappa shape index (κ1) is 25.5. The lowest BCUT2D eigenvalue weighted by molar-refractivity contribution is -0.144. The minimum absolute atomic E-state index is 0.131. The molecule has 33 heavy (non-hydrogen) atoms. The molecule has 0 saturated carbocycles. The lowest BCUT2D eigenvalue weighted by Gasteiger charge is -2.33. The maximum absolute atomic E-state index is 13.4. The average molecular weight is 494 g/mol. The molecule has 2 aliphatic heterocycles. The van der Waals surface area contributed by atoms with Crippen molar-refractivity contribution in [2.75, 3.05) is 48.3 Å². The number of carbonyl (C=O) groups excluding carboxylic acids is 1. The van der Waals surface area contributed by atoms with E-state index >= 15 is 0 Å². The Labute approximate surface area is 191 Å². The Morgan fingerprint density at radius 1 is 1.09 bits per heavy atom. The molecule has 1 aromatic heterocycles. The van der Waals surface area contributed by atoms with Crippen LogP contribution in [0.15, 0.2) is 6.07 Å². The van der Waals surface area contributed by atoms with Crippen molar-refractivity contribution in [3.8, 4) is 0 Å². The molecule has 0 spiro atoms. The summed E-state index contributed by atoms with van der Waals surface area (Å²) in [5.74, 6) is -0.914. The number of hydrogen-bond donors (Lipinski definition) is 2. The van der Waals surface area contributed by atoms with Gasteiger partial charge in [-0.25, -0.2) is 9.97 Å². The maximum atomic E-state index is 13.4. The zero-order valence-corrected chi connectivity index (χ0v) is 19.2. The van der Waals surface area contributed by atoms with Gasteiger partial charge in [-0.05, 0) is 44.4 Å². The molecule has 1 aromatic rings. The second kappa shape index (κ2) is 10.9. The molecule has 9 nitrogen and oxygen atoms in total. The number of amides is 1. The van der Waals surface area contributed by atoms with Gasteiger partial charge in [-0.15, -0.1) is 0 Å². The van der Waals surface area contributed by atoms with Crippen LogP contribution < -0.4 is 15.1 Å². The molecular weight excluding hydrogens is 463 g/mol. The van der Waals surface area contributed by atoms with Crippen LogP contribution in [0.25, 0.3) is 0 Å². The summed E-state index contributed by atoms with van der Waals surface area (Å²) in [4.78, 5) is 23.1. The summed E-state index contributed by atoms with van der Waals surface area (Å²) in [6, 6.07) is 1.65. The van der Waals surface area contributed by atoms with E-state index in [0.717, 1.165) is 32.1 Å². The Morgan fingerprint density at radius 3 is 2.21 bits per heavy atom. The van der Waals surface area contributed by atoms with Gasteiger partial charge in [0.2, 0.25) is 11.7 Å². The smallest absolute Gasteiger partial charge is 0.356 e. The molecule has 3 heterocycles. The predicted octanol–water partition coefficient (Wildman–Crippen LogP) is 2.49. The van der Waals surface area contributed by atoms with Gasteiger partial charge in [0, 0.05) is 45.2 Å². The molecule has 2 aliphatic rings. The van der Waals surface area contributed by atoms with Crippen molar-refractivity contribution in [2.45, 2.75) is 51.1 Å². The monoisotopic (exact) mass is 493 g/mol. The molecule has 0 aliphatic carbocycles. The van der Waals surface area contributed by atoms with Crippen molar-refractivity contribution in [2.24, 2.45) is 5.92 Å². The number of nitrogens with one attached hydrogen (secondary N) is 1. The molecule has 1 amide bonds. The molecule has 0 atom stereocenters. The van der Waals surface area contributed by atoms with Crippen molar-refractivity contribution >= 4 is 27.7 Å². The first-order chi connectivity index (χ1) is 15.5. The standard InChI is InChI=1S/C20H30F3N5O4S/c21-20(22,23)19-25-16(27-9-1-2-10-27)14-17(26-19)28-11-6-15(7-12-28)4-3-5-18(29)24-8-13-33(30,31)32/h14-15H,1-13H2,(H,24,29)(H,30,31,32). The van der Waals surface area contributed by atoms with Crippen molar-refractivity contribution in [3.05, 3.63) is 11.9 Å². The van der Waals surface area contributed by atoms with Crippen molar-refractivity contribution in [1.82, 2.24) is 15.3 Å². The molecule has 0 radical (unpaired) electrons. The van der Waals surface area contributed by atoms with Crippen LogP contribution in [0.3, 0.4) is 0 Å². The number of nitrogens with zero attached hydrogens (tertiary/aromatic N) is 4. The van der Waals surface area contributed by atoms with Gasteiger partial charge in [0.05, 0.1) is 5.75 Å². The molecule has 0 unspecified atom stereocenters. The number of hydrogen-bond acceptors (Lipinski definition) is 7. The number of anilines is 2. The van der Waals surface area contributed by atoms with Crippen LogP contribution in [-0.4, -0.2) is 67.3 Å². The zero-order valence-electron chi connectivity index (χ0n) is 18.4. The molecule has 2 fully saturated rings. The Hall–Kier alpha value is -2.15. The highest BCUT2D eigenvalue weighted by atomic mass is 32.2. The number of rotatable bonds is 9. The fraction of sp³-hybridized carbons (Fsp3) is 0.750. The summed E-state index contributed by atoms with van der Waals surface area (Å²) in [6.45, 7) is 2.42. The highest BCUT2D eigenvalue weighted by Crippen LogP contribution is 2.33. The topological polar surface area (TPSA) is 116 Å². The lowest BCUT2D eigenvalue weighted by Crippen LogP contribution is -2.35. The molecule has 2 saturated heterocycles. The normalized spacial score (nSPS) is 18.1. The van der Waals surface area contributed by atoms with Crippen LogP contribution >= 0.6 is 0 Å². The molecule has 186 valence electrons. The van der Waals surface area contributed by atoms with E-state index in [1.54, 1.807) is 6.07 Å². The molecular formula is C20H30F3N5O4S. The minimum Gasteiger partial charge on any atom is -0.356 e. The summed E-state index contributed by atoms with van der Waals surface area (Å²) >= 11 is 0. The van der Waals surface area contributed by atoms with Gasteiger partial charge in [0.15, 0.2) is 0 Å². The summed E-state index contributed by atoms with van der Waals surface area (Å²) in [7, 11) is -4.10. The summed E-state index contributed by atoms with van der Waals surface area (Å²) < 4.78 is 70.1. The van der Waals surface area contributed by atoms with Gasteiger partial charge >= 0.3 is 6.18 Å². The fourth-order valence-corrected chi connectivity index (χ4v) is 4.59. The van der Waals surface area contributed by atoms with Crippen LogP contribution in [0.1, 0.15) is 50.8 Å². The minimum atomic E-state index is -4.61. The quantitative estimate of drug-likeness (QED) is 0.504. The summed E-state index contributed by atoms with van der Waals surface area (Å²) in [5, 5.41) is 2.45. The Morgan fingerprint density at radius 2 is 1.67 bits per heavy atom. The second-order valence-electron chi connectivity index (χ2n) is 8.56. The van der Waals surface area contributed by atoms with Crippen LogP contribution in [0.4, 0.5) is 24.8 Å². The molecule has 3 rings (SSSR count). The first-order valence-corrected chi connectivity index (χ1v) is 12.8. The third-order valence-electron chi connectivity index (χ3n) is 6.02. The fourth-order valence-electron chi connectivity index (χ4n) is 4.23. The Kier molecular flexibility index (Phi) is 8.38. The van der Waals surface area contributed by atoms with Gasteiger partial charge in [-0.2, -0.15) is 21.6 Å². The van der Waals surface area contributed by atoms with Crippen LogP contribution in [0, 0.1) is 5.92 Å². The van der Waals surface area contributed by atoms with E-state index < -0.39 is 27.9 Å². The highest BCUT2D eigenvalue weighted by molar-refractivity contribution is 7.85. The van der Waals surface area contributed by atoms with E-state index in [4.69, 9.17) is 4.55 Å². The maximum Gasteiger partial charge on any atom is 0.451 e. The van der Waals surface area contributed by atoms with Crippen LogP contribution in [0.2, 0.25) is 0 Å². The second-order valence-corrected chi connectivity index (χ2v) is 10.1. The first-order valence-electron chi connectivity index (χ1n) is 11.2. The number of carbonyl (C=O) groups is 1. The van der Waals surface area contributed by atoms with Crippen LogP contribution in [0.5, 0.6) is 0 Å². The molecule has 0 bridgehead atoms. The Balaban J connectivity index is 1.49.